The molecule has 7 heteroatoms. The Morgan fingerprint density at radius 3 is 2.85 bits per heavy atom. The van der Waals surface area contributed by atoms with Crippen molar-refractivity contribution in [2.45, 2.75) is 6.42 Å². The minimum Gasteiger partial charge on any atom is -0.511 e. The van der Waals surface area contributed by atoms with Crippen LogP contribution in [-0.2, 0) is 4.79 Å². The summed E-state index contributed by atoms with van der Waals surface area (Å²) in [7, 11) is 1.57. The van der Waals surface area contributed by atoms with Gasteiger partial charge in [0, 0.05) is 26.1 Å². The Morgan fingerprint density at radius 1 is 1.45 bits per heavy atom. The van der Waals surface area contributed by atoms with Crippen molar-refractivity contribution in [3.63, 3.8) is 0 Å². The summed E-state index contributed by atoms with van der Waals surface area (Å²) in [6.07, 6.45) is 0.269. The molecule has 1 heterocycles. The quantitative estimate of drug-likeness (QED) is 0.823. The largest absolute Gasteiger partial charge is 0.511 e. The summed E-state index contributed by atoms with van der Waals surface area (Å²) in [5.74, 6) is -1.95. The van der Waals surface area contributed by atoms with Crippen molar-refractivity contribution in [1.29, 1.82) is 0 Å². The van der Waals surface area contributed by atoms with Gasteiger partial charge in [-0.15, -0.1) is 0 Å². The molecule has 0 saturated carbocycles. The highest BCUT2D eigenvalue weighted by molar-refractivity contribution is 7.81. The number of aliphatic hydroxyl groups excluding tert-OH is 1. The summed E-state index contributed by atoms with van der Waals surface area (Å²) >= 11 is 5.00. The molecule has 0 aliphatic carbocycles. The van der Waals surface area contributed by atoms with Gasteiger partial charge in [0.25, 0.3) is 5.91 Å². The number of aliphatic hydroxyl groups is 1. The summed E-state index contributed by atoms with van der Waals surface area (Å²) in [5.41, 5.74) is -0.270. The second kappa shape index (κ2) is 5.54. The van der Waals surface area contributed by atoms with E-state index in [2.05, 4.69) is 5.32 Å². The van der Waals surface area contributed by atoms with Gasteiger partial charge in [-0.1, -0.05) is 12.2 Å². The van der Waals surface area contributed by atoms with Crippen molar-refractivity contribution in [2.24, 2.45) is 0 Å². The number of carbonyl (C=O) groups excluding carboxylic acids is 1. The number of halogens is 2. The highest BCUT2D eigenvalue weighted by Gasteiger charge is 2.28. The lowest BCUT2D eigenvalue weighted by Crippen LogP contribution is -2.38. The smallest absolute Gasteiger partial charge is 0.260 e. The highest BCUT2D eigenvalue weighted by atomic mass is 32.1. The fourth-order valence-electron chi connectivity index (χ4n) is 1.82. The number of amides is 1. The van der Waals surface area contributed by atoms with Crippen LogP contribution in [0, 0.1) is 11.6 Å². The van der Waals surface area contributed by atoms with E-state index in [1.54, 1.807) is 7.05 Å². The molecular formula is C13H12F2N2O2S. The van der Waals surface area contributed by atoms with Gasteiger partial charge in [-0.3, -0.25) is 4.79 Å². The van der Waals surface area contributed by atoms with Gasteiger partial charge in [-0.05, 0) is 12.1 Å². The molecule has 2 rings (SSSR count). The molecule has 0 aromatic heterocycles. The molecule has 0 saturated heterocycles. The van der Waals surface area contributed by atoms with Crippen LogP contribution in [0.4, 0.5) is 14.5 Å². The van der Waals surface area contributed by atoms with E-state index in [-0.39, 0.29) is 28.4 Å². The number of thiocarbonyl (C=S) groups is 1. The Balaban J connectivity index is 2.28. The first-order valence-electron chi connectivity index (χ1n) is 5.84. The summed E-state index contributed by atoms with van der Waals surface area (Å²) < 4.78 is 26.6. The molecule has 106 valence electrons. The van der Waals surface area contributed by atoms with Crippen molar-refractivity contribution in [3.05, 3.63) is 41.2 Å². The molecule has 1 aliphatic heterocycles. The van der Waals surface area contributed by atoms with Gasteiger partial charge in [0.1, 0.15) is 28.0 Å². The molecule has 0 radical (unpaired) electrons. The van der Waals surface area contributed by atoms with E-state index < -0.39 is 17.5 Å². The third-order valence-corrected chi connectivity index (χ3v) is 3.24. The summed E-state index contributed by atoms with van der Waals surface area (Å²) in [5, 5.41) is 12.2. The molecule has 20 heavy (non-hydrogen) atoms. The molecule has 0 atom stereocenters. The van der Waals surface area contributed by atoms with Crippen LogP contribution >= 0.6 is 12.2 Å². The first-order valence-corrected chi connectivity index (χ1v) is 6.25. The van der Waals surface area contributed by atoms with Crippen molar-refractivity contribution < 1.29 is 18.7 Å². The van der Waals surface area contributed by atoms with E-state index in [4.69, 9.17) is 12.2 Å². The molecule has 1 aliphatic rings. The lowest BCUT2D eigenvalue weighted by molar-refractivity contribution is -0.126. The van der Waals surface area contributed by atoms with Crippen LogP contribution in [0.25, 0.3) is 0 Å². The van der Waals surface area contributed by atoms with Crippen LogP contribution in [-0.4, -0.2) is 34.5 Å². The number of nitrogens with one attached hydrogen (secondary N) is 1. The lowest BCUT2D eigenvalue weighted by atomic mass is 10.1. The molecule has 0 bridgehead atoms. The van der Waals surface area contributed by atoms with Crippen LogP contribution < -0.4 is 5.32 Å². The van der Waals surface area contributed by atoms with Gasteiger partial charge in [-0.25, -0.2) is 8.78 Å². The number of benzene rings is 1. The number of hydrogen-bond donors (Lipinski definition) is 2. The summed E-state index contributed by atoms with van der Waals surface area (Å²) in [4.78, 5) is 13.2. The van der Waals surface area contributed by atoms with Crippen LogP contribution in [0.5, 0.6) is 0 Å². The van der Waals surface area contributed by atoms with E-state index in [0.29, 0.717) is 6.54 Å². The first-order chi connectivity index (χ1) is 9.40. The van der Waals surface area contributed by atoms with Crippen LogP contribution in [0.1, 0.15) is 6.42 Å². The van der Waals surface area contributed by atoms with Gasteiger partial charge in [-0.2, -0.15) is 0 Å². The molecule has 0 spiro atoms. The standard InChI is InChI=1S/C13H12F2N2O2S/c1-17-5-4-10(18)11(13(17)19)12(20)16-9-6-7(14)2-3-8(9)15/h2-3,6,18H,4-5H2,1H3,(H,16,20). The van der Waals surface area contributed by atoms with E-state index in [1.165, 1.54) is 4.90 Å². The number of anilines is 1. The third kappa shape index (κ3) is 2.77. The van der Waals surface area contributed by atoms with Crippen LogP contribution in [0.2, 0.25) is 0 Å². The van der Waals surface area contributed by atoms with Crippen LogP contribution in [0.3, 0.4) is 0 Å². The average molecular weight is 298 g/mol. The Hall–Kier alpha value is -2.02. The predicted molar refractivity (Wildman–Crippen MR) is 74.5 cm³/mol. The Labute approximate surface area is 119 Å². The number of hydrogen-bond acceptors (Lipinski definition) is 3. The molecule has 2 N–H and O–H groups in total. The van der Waals surface area contributed by atoms with Gasteiger partial charge < -0.3 is 15.3 Å². The van der Waals surface area contributed by atoms with Crippen LogP contribution in [0.15, 0.2) is 29.5 Å². The van der Waals surface area contributed by atoms with Gasteiger partial charge in [0.2, 0.25) is 0 Å². The second-order valence-electron chi connectivity index (χ2n) is 4.38. The number of likely N-dealkylation sites (N-methyl/N-ethyl adjacent to an activating group) is 1. The minimum atomic E-state index is -0.703. The normalized spacial score (nSPS) is 15.6. The first kappa shape index (κ1) is 14.4. The SMILES string of the molecule is CN1CCC(O)=C(C(=S)Nc2cc(F)ccc2F)C1=O. The lowest BCUT2D eigenvalue weighted by Gasteiger charge is -2.25. The van der Waals surface area contributed by atoms with Crippen molar-refractivity contribution >= 4 is 28.8 Å². The zero-order valence-corrected chi connectivity index (χ0v) is 11.4. The topological polar surface area (TPSA) is 52.6 Å². The van der Waals surface area contributed by atoms with E-state index in [9.17, 15) is 18.7 Å². The maximum absolute atomic E-state index is 13.5. The summed E-state index contributed by atoms with van der Waals surface area (Å²) in [6.45, 7) is 0.380. The van der Waals surface area contributed by atoms with Gasteiger partial charge in [0.05, 0.1) is 5.69 Å². The monoisotopic (exact) mass is 298 g/mol. The Morgan fingerprint density at radius 2 is 2.15 bits per heavy atom. The molecule has 1 amide bonds. The number of nitrogens with zero attached hydrogens (tertiary/aromatic N) is 1. The molecule has 0 fully saturated rings. The Bertz CT molecular complexity index is 616. The number of carbonyl (C=O) groups is 1. The fraction of sp³-hybridized carbons (Fsp3) is 0.231. The fourth-order valence-corrected chi connectivity index (χ4v) is 2.14. The maximum Gasteiger partial charge on any atom is 0.260 e. The third-order valence-electron chi connectivity index (χ3n) is 2.94. The minimum absolute atomic E-state index is 0.0857. The van der Waals surface area contributed by atoms with Gasteiger partial charge >= 0.3 is 0 Å². The van der Waals surface area contributed by atoms with Crippen molar-refractivity contribution in [2.75, 3.05) is 18.9 Å². The van der Waals surface area contributed by atoms with E-state index in [1.807, 2.05) is 0 Å². The summed E-state index contributed by atoms with van der Waals surface area (Å²) in [6, 6.07) is 2.85. The highest BCUT2D eigenvalue weighted by Crippen LogP contribution is 2.21. The molecule has 1 aromatic rings. The molecule has 4 nitrogen and oxygen atoms in total. The maximum atomic E-state index is 13.5. The Kier molecular flexibility index (Phi) is 3.99. The van der Waals surface area contributed by atoms with Crippen molar-refractivity contribution in [1.82, 2.24) is 4.90 Å². The molecular weight excluding hydrogens is 286 g/mol. The zero-order chi connectivity index (χ0) is 14.9. The van der Waals surface area contributed by atoms with Gasteiger partial charge in [0.15, 0.2) is 0 Å². The zero-order valence-electron chi connectivity index (χ0n) is 10.6. The van der Waals surface area contributed by atoms with E-state index >= 15 is 0 Å². The predicted octanol–water partition coefficient (Wildman–Crippen LogP) is 2.38. The molecule has 1 aromatic carbocycles. The van der Waals surface area contributed by atoms with Crippen molar-refractivity contribution in [3.8, 4) is 0 Å². The average Bonchev–Trinajstić information content (AvgIpc) is 2.39. The second-order valence-corrected chi connectivity index (χ2v) is 4.78. The number of rotatable bonds is 2. The molecule has 0 unspecified atom stereocenters. The van der Waals surface area contributed by atoms with E-state index in [0.717, 1.165) is 18.2 Å².